The number of esters is 1. The van der Waals surface area contributed by atoms with Crippen LogP contribution in [-0.2, 0) is 32.2 Å². The van der Waals surface area contributed by atoms with Crippen LogP contribution in [0.2, 0.25) is 0 Å². The molecule has 0 aliphatic carbocycles. The van der Waals surface area contributed by atoms with Gasteiger partial charge in [0.25, 0.3) is 5.69 Å². The van der Waals surface area contributed by atoms with Gasteiger partial charge in [-0.2, -0.15) is 0 Å². The van der Waals surface area contributed by atoms with Crippen LogP contribution in [0.4, 0.5) is 16.2 Å². The third-order valence-corrected chi connectivity index (χ3v) is 9.45. The molecule has 0 spiro atoms. The summed E-state index contributed by atoms with van der Waals surface area (Å²) in [6.45, 7) is 5.98. The highest BCUT2D eigenvalue weighted by Gasteiger charge is 2.34. The van der Waals surface area contributed by atoms with E-state index in [-0.39, 0.29) is 49.1 Å². The van der Waals surface area contributed by atoms with Crippen molar-refractivity contribution < 1.29 is 33.8 Å². The number of piperazine rings is 1. The molecule has 0 bridgehead atoms. The van der Waals surface area contributed by atoms with Crippen molar-refractivity contribution in [3.8, 4) is 11.1 Å². The molecule has 278 valence electrons. The molecule has 2 fully saturated rings. The van der Waals surface area contributed by atoms with Gasteiger partial charge in [-0.05, 0) is 59.0 Å². The summed E-state index contributed by atoms with van der Waals surface area (Å²) >= 11 is 0. The summed E-state index contributed by atoms with van der Waals surface area (Å²) in [5.41, 5.74) is 6.63. The Morgan fingerprint density at radius 2 is 1.58 bits per heavy atom. The summed E-state index contributed by atoms with van der Waals surface area (Å²) in [7, 11) is 0. The zero-order chi connectivity index (χ0) is 37.2. The van der Waals surface area contributed by atoms with Crippen molar-refractivity contribution in [2.45, 2.75) is 45.0 Å². The average molecular weight is 724 g/mol. The highest BCUT2D eigenvalue weighted by atomic mass is 16.7. The van der Waals surface area contributed by atoms with Crippen LogP contribution < -0.4 is 15.5 Å². The first-order valence-electron chi connectivity index (χ1n) is 17.9. The predicted molar refractivity (Wildman–Crippen MR) is 199 cm³/mol. The third kappa shape index (κ3) is 10.2. The Morgan fingerprint density at radius 1 is 0.868 bits per heavy atom. The minimum atomic E-state index is -0.620. The molecular weight excluding hydrogens is 678 g/mol. The molecule has 2 aliphatic rings. The molecule has 0 saturated carbocycles. The van der Waals surface area contributed by atoms with Gasteiger partial charge in [0, 0.05) is 69.1 Å². The molecule has 0 aromatic heterocycles. The van der Waals surface area contributed by atoms with Crippen molar-refractivity contribution in [2.75, 3.05) is 50.8 Å². The standard InChI is InChI=1S/C40H45N5O8/c1-2-51-38(47)25-42-40(48)41-24-29-5-3-6-31(21-29)32-7-4-8-33(22-32)39-52-36(23-37(53-39)30-11-9-28(27-46)10-12-30)26-43-17-19-44(20-18-43)34-13-15-35(16-14-34)45(49)50/h3-16,21-22,36-37,39,46H,2,17-20,23-27H2,1H3,(H2,41,42,48)/t36-,37+,39+/m1/s1. The van der Waals surface area contributed by atoms with E-state index in [1.807, 2.05) is 78.9 Å². The maximum absolute atomic E-state index is 12.2. The molecule has 3 N–H and O–H groups in total. The zero-order valence-corrected chi connectivity index (χ0v) is 29.7. The number of ether oxygens (including phenoxy) is 3. The molecule has 3 atom stereocenters. The zero-order valence-electron chi connectivity index (χ0n) is 29.7. The van der Waals surface area contributed by atoms with E-state index in [0.29, 0.717) is 6.42 Å². The number of urea groups is 1. The maximum Gasteiger partial charge on any atom is 0.325 e. The Hall–Kier alpha value is -5.34. The number of hydrogen-bond donors (Lipinski definition) is 3. The SMILES string of the molecule is CCOC(=O)CNC(=O)NCc1cccc(-c2cccc([C@H]3O[C@@H](CN4CCN(c5ccc([N+](=O)[O-])cc5)CC4)C[C@@H](c4ccc(CO)cc4)O3)c2)c1. The maximum atomic E-state index is 12.2. The number of nitrogens with zero attached hydrogens (tertiary/aromatic N) is 3. The molecule has 2 saturated heterocycles. The molecule has 0 radical (unpaired) electrons. The van der Waals surface area contributed by atoms with Crippen LogP contribution in [0.1, 0.15) is 48.0 Å². The van der Waals surface area contributed by atoms with Gasteiger partial charge in [-0.15, -0.1) is 0 Å². The topological polar surface area (TPSA) is 156 Å². The van der Waals surface area contributed by atoms with Gasteiger partial charge in [0.05, 0.1) is 30.3 Å². The molecule has 6 rings (SSSR count). The lowest BCUT2D eigenvalue weighted by atomic mass is 9.98. The number of nitrogens with one attached hydrogen (secondary N) is 2. The van der Waals surface area contributed by atoms with Crippen LogP contribution in [0.25, 0.3) is 11.1 Å². The van der Waals surface area contributed by atoms with Gasteiger partial charge in [0.2, 0.25) is 0 Å². The van der Waals surface area contributed by atoms with Crippen molar-refractivity contribution in [1.82, 2.24) is 15.5 Å². The number of carbonyl (C=O) groups excluding carboxylic acids is 2. The number of carbonyl (C=O) groups is 2. The number of benzene rings is 4. The first kappa shape index (κ1) is 37.4. The van der Waals surface area contributed by atoms with Crippen LogP contribution in [0.15, 0.2) is 97.1 Å². The van der Waals surface area contributed by atoms with Crippen molar-refractivity contribution in [3.63, 3.8) is 0 Å². The van der Waals surface area contributed by atoms with Crippen molar-refractivity contribution >= 4 is 23.4 Å². The van der Waals surface area contributed by atoms with Gasteiger partial charge in [0.1, 0.15) is 6.54 Å². The van der Waals surface area contributed by atoms with Gasteiger partial charge in [-0.3, -0.25) is 19.8 Å². The van der Waals surface area contributed by atoms with E-state index >= 15 is 0 Å². The fraction of sp³-hybridized carbons (Fsp3) is 0.350. The number of nitro groups is 1. The molecule has 2 heterocycles. The van der Waals surface area contributed by atoms with Crippen LogP contribution >= 0.6 is 0 Å². The Labute approximate surface area is 308 Å². The molecule has 53 heavy (non-hydrogen) atoms. The van der Waals surface area contributed by atoms with Gasteiger partial charge in [-0.25, -0.2) is 4.79 Å². The number of rotatable bonds is 13. The van der Waals surface area contributed by atoms with E-state index in [1.165, 1.54) is 0 Å². The van der Waals surface area contributed by atoms with Crippen LogP contribution in [0.5, 0.6) is 0 Å². The van der Waals surface area contributed by atoms with E-state index in [1.54, 1.807) is 19.1 Å². The van der Waals surface area contributed by atoms with E-state index in [4.69, 9.17) is 14.2 Å². The number of non-ortho nitro benzene ring substituents is 1. The largest absolute Gasteiger partial charge is 0.465 e. The monoisotopic (exact) mass is 723 g/mol. The first-order chi connectivity index (χ1) is 25.8. The van der Waals surface area contributed by atoms with E-state index < -0.39 is 18.3 Å². The Balaban J connectivity index is 1.13. The number of aliphatic hydroxyl groups excluding tert-OH is 1. The third-order valence-electron chi connectivity index (χ3n) is 9.45. The lowest BCUT2D eigenvalue weighted by molar-refractivity contribution is -0.384. The first-order valence-corrected chi connectivity index (χ1v) is 17.9. The second kappa shape index (κ2) is 17.9. The van der Waals surface area contributed by atoms with Gasteiger partial charge in [0.15, 0.2) is 6.29 Å². The minimum Gasteiger partial charge on any atom is -0.465 e. The van der Waals surface area contributed by atoms with Gasteiger partial charge >= 0.3 is 12.0 Å². The molecule has 4 aromatic rings. The molecule has 2 amide bonds. The Kier molecular flexibility index (Phi) is 12.7. The Bertz CT molecular complexity index is 1850. The molecule has 13 heteroatoms. The van der Waals surface area contributed by atoms with Crippen molar-refractivity contribution in [2.24, 2.45) is 0 Å². The van der Waals surface area contributed by atoms with Gasteiger partial charge < -0.3 is 34.9 Å². The van der Waals surface area contributed by atoms with Gasteiger partial charge in [-0.1, -0.05) is 60.7 Å². The normalized spacial score (nSPS) is 19.0. The molecule has 4 aromatic carbocycles. The highest BCUT2D eigenvalue weighted by molar-refractivity contribution is 5.80. The average Bonchev–Trinajstić information content (AvgIpc) is 3.20. The van der Waals surface area contributed by atoms with E-state index in [2.05, 4.69) is 26.5 Å². The fourth-order valence-corrected chi connectivity index (χ4v) is 6.63. The summed E-state index contributed by atoms with van der Waals surface area (Å²) < 4.78 is 18.2. The molecule has 2 aliphatic heterocycles. The number of aliphatic hydroxyl groups is 1. The Morgan fingerprint density at radius 3 is 2.28 bits per heavy atom. The highest BCUT2D eigenvalue weighted by Crippen LogP contribution is 2.39. The van der Waals surface area contributed by atoms with Crippen molar-refractivity contribution in [3.05, 3.63) is 129 Å². The number of hydrogen-bond acceptors (Lipinski definition) is 10. The smallest absolute Gasteiger partial charge is 0.325 e. The minimum absolute atomic E-state index is 0.0290. The number of amides is 2. The summed E-state index contributed by atoms with van der Waals surface area (Å²) in [6.07, 6.45) is -0.290. The fourth-order valence-electron chi connectivity index (χ4n) is 6.63. The quantitative estimate of drug-likeness (QED) is 0.0917. The molecular formula is C40H45N5O8. The van der Waals surface area contributed by atoms with E-state index in [9.17, 15) is 24.8 Å². The number of anilines is 1. The summed E-state index contributed by atoms with van der Waals surface area (Å²) in [6, 6.07) is 30.1. The van der Waals surface area contributed by atoms with Crippen LogP contribution in [0.3, 0.4) is 0 Å². The second-order valence-corrected chi connectivity index (χ2v) is 13.1. The number of nitro benzene ring substituents is 1. The van der Waals surface area contributed by atoms with E-state index in [0.717, 1.165) is 71.8 Å². The van der Waals surface area contributed by atoms with Crippen LogP contribution in [0, 0.1) is 10.1 Å². The summed E-state index contributed by atoms with van der Waals surface area (Å²) in [4.78, 5) is 39.1. The lowest BCUT2D eigenvalue weighted by Gasteiger charge is -2.41. The van der Waals surface area contributed by atoms with Crippen molar-refractivity contribution in [1.29, 1.82) is 0 Å². The van der Waals surface area contributed by atoms with Crippen LogP contribution in [-0.4, -0.2) is 78.9 Å². The second-order valence-electron chi connectivity index (χ2n) is 13.1. The summed E-state index contributed by atoms with van der Waals surface area (Å²) in [5, 5.41) is 26.0. The summed E-state index contributed by atoms with van der Waals surface area (Å²) in [5.74, 6) is -0.493. The lowest BCUT2D eigenvalue weighted by Crippen LogP contribution is -2.49. The molecule has 0 unspecified atom stereocenters. The molecule has 13 nitrogen and oxygen atoms in total. The predicted octanol–water partition coefficient (Wildman–Crippen LogP) is 5.48.